The van der Waals surface area contributed by atoms with Crippen molar-refractivity contribution in [3.63, 3.8) is 0 Å². The molecule has 0 aliphatic heterocycles. The minimum absolute atomic E-state index is 0.0206. The van der Waals surface area contributed by atoms with Gasteiger partial charge in [0.1, 0.15) is 5.75 Å². The fraction of sp³-hybridized carbons (Fsp3) is 0.118. The summed E-state index contributed by atoms with van der Waals surface area (Å²) in [4.78, 5) is 12.1. The summed E-state index contributed by atoms with van der Waals surface area (Å²) in [5, 5.41) is 3.13. The molecule has 108 valence electrons. The third kappa shape index (κ3) is 4.46. The lowest BCUT2D eigenvalue weighted by atomic mass is 10.1. The van der Waals surface area contributed by atoms with Crippen molar-refractivity contribution in [2.75, 3.05) is 12.4 Å². The van der Waals surface area contributed by atoms with Crippen molar-refractivity contribution in [1.29, 1.82) is 0 Å². The molecule has 0 radical (unpaired) electrons. The molecule has 0 fully saturated rings. The number of anilines is 1. The second-order valence-corrected chi connectivity index (χ2v) is 5.48. The first-order chi connectivity index (χ1) is 10.1. The van der Waals surface area contributed by atoms with E-state index in [9.17, 15) is 4.79 Å². The Balaban J connectivity index is 1.95. The van der Waals surface area contributed by atoms with Gasteiger partial charge in [-0.3, -0.25) is 4.79 Å². The molecule has 0 spiro atoms. The Kier molecular flexibility index (Phi) is 5.17. The molecule has 0 amide bonds. The van der Waals surface area contributed by atoms with Gasteiger partial charge in [0.05, 0.1) is 13.5 Å². The number of methoxy groups -OCH3 is 1. The molecule has 21 heavy (non-hydrogen) atoms. The molecule has 0 aromatic heterocycles. The van der Waals surface area contributed by atoms with Crippen LogP contribution in [0.1, 0.15) is 16.8 Å². The first kappa shape index (κ1) is 15.3. The van der Waals surface area contributed by atoms with Crippen LogP contribution in [0.15, 0.2) is 65.3 Å². The SMILES string of the molecule is C=C(CC(=O)c1ccc(OC)cc1)Nc1ccc(Br)cc1. The second-order valence-electron chi connectivity index (χ2n) is 4.56. The van der Waals surface area contributed by atoms with E-state index >= 15 is 0 Å². The van der Waals surface area contributed by atoms with Crippen LogP contribution in [0, 0.1) is 0 Å². The zero-order valence-corrected chi connectivity index (χ0v) is 13.3. The first-order valence-electron chi connectivity index (χ1n) is 6.46. The Morgan fingerprint density at radius 3 is 2.33 bits per heavy atom. The molecule has 0 aliphatic carbocycles. The highest BCUT2D eigenvalue weighted by atomic mass is 79.9. The lowest BCUT2D eigenvalue weighted by Gasteiger charge is -2.09. The van der Waals surface area contributed by atoms with Gasteiger partial charge in [0, 0.05) is 21.4 Å². The molecule has 4 heteroatoms. The Hall–Kier alpha value is -2.07. The van der Waals surface area contributed by atoms with Crippen molar-refractivity contribution in [2.45, 2.75) is 6.42 Å². The third-order valence-corrected chi connectivity index (χ3v) is 3.48. The van der Waals surface area contributed by atoms with Crippen molar-refractivity contribution in [3.05, 3.63) is 70.8 Å². The highest BCUT2D eigenvalue weighted by molar-refractivity contribution is 9.10. The number of rotatable bonds is 6. The number of ketones is 1. The van der Waals surface area contributed by atoms with Crippen LogP contribution in [0.2, 0.25) is 0 Å². The van der Waals surface area contributed by atoms with Crippen molar-refractivity contribution < 1.29 is 9.53 Å². The number of carbonyl (C=O) groups excluding carboxylic acids is 1. The van der Waals surface area contributed by atoms with E-state index in [1.54, 1.807) is 31.4 Å². The predicted molar refractivity (Wildman–Crippen MR) is 88.8 cm³/mol. The molecule has 0 aliphatic rings. The lowest BCUT2D eigenvalue weighted by Crippen LogP contribution is -2.06. The Labute approximate surface area is 132 Å². The van der Waals surface area contributed by atoms with Crippen molar-refractivity contribution in [3.8, 4) is 5.75 Å². The van der Waals surface area contributed by atoms with E-state index in [0.717, 1.165) is 15.9 Å². The average molecular weight is 346 g/mol. The number of Topliss-reactive ketones (excluding diaryl/α,β-unsaturated/α-hetero) is 1. The quantitative estimate of drug-likeness (QED) is 0.774. The van der Waals surface area contributed by atoms with Crippen LogP contribution in [-0.4, -0.2) is 12.9 Å². The fourth-order valence-corrected chi connectivity index (χ4v) is 2.12. The average Bonchev–Trinajstić information content (AvgIpc) is 2.49. The highest BCUT2D eigenvalue weighted by Gasteiger charge is 2.08. The molecule has 0 bridgehead atoms. The van der Waals surface area contributed by atoms with Gasteiger partial charge in [-0.05, 0) is 48.5 Å². The zero-order valence-electron chi connectivity index (χ0n) is 11.7. The van der Waals surface area contributed by atoms with Gasteiger partial charge in [-0.15, -0.1) is 0 Å². The molecule has 0 heterocycles. The molecule has 0 atom stereocenters. The molecule has 0 unspecified atom stereocenters. The van der Waals surface area contributed by atoms with E-state index in [4.69, 9.17) is 4.74 Å². The Morgan fingerprint density at radius 1 is 1.14 bits per heavy atom. The van der Waals surface area contributed by atoms with E-state index in [0.29, 0.717) is 11.3 Å². The smallest absolute Gasteiger partial charge is 0.168 e. The van der Waals surface area contributed by atoms with E-state index in [1.165, 1.54) is 0 Å². The maximum absolute atomic E-state index is 12.1. The topological polar surface area (TPSA) is 38.3 Å². The van der Waals surface area contributed by atoms with E-state index in [1.807, 2.05) is 24.3 Å². The van der Waals surface area contributed by atoms with Crippen LogP contribution < -0.4 is 10.1 Å². The Morgan fingerprint density at radius 2 is 1.76 bits per heavy atom. The molecule has 0 saturated carbocycles. The van der Waals surface area contributed by atoms with Crippen LogP contribution in [0.4, 0.5) is 5.69 Å². The third-order valence-electron chi connectivity index (χ3n) is 2.95. The summed E-state index contributed by atoms with van der Waals surface area (Å²) in [6.07, 6.45) is 0.252. The number of benzene rings is 2. The van der Waals surface area contributed by atoms with E-state index in [-0.39, 0.29) is 12.2 Å². The van der Waals surface area contributed by atoms with Crippen LogP contribution in [-0.2, 0) is 0 Å². The van der Waals surface area contributed by atoms with Gasteiger partial charge < -0.3 is 10.1 Å². The minimum atomic E-state index is 0.0206. The number of carbonyl (C=O) groups is 1. The fourth-order valence-electron chi connectivity index (χ4n) is 1.85. The van der Waals surface area contributed by atoms with E-state index < -0.39 is 0 Å². The molecule has 2 rings (SSSR count). The van der Waals surface area contributed by atoms with E-state index in [2.05, 4.69) is 27.8 Å². The number of hydrogen-bond acceptors (Lipinski definition) is 3. The van der Waals surface area contributed by atoms with Crippen LogP contribution in [0.3, 0.4) is 0 Å². The maximum Gasteiger partial charge on any atom is 0.168 e. The molecule has 2 aromatic carbocycles. The molecule has 0 saturated heterocycles. The number of allylic oxidation sites excluding steroid dienone is 1. The predicted octanol–water partition coefficient (Wildman–Crippen LogP) is 4.66. The van der Waals surface area contributed by atoms with Gasteiger partial charge in [-0.1, -0.05) is 22.5 Å². The lowest BCUT2D eigenvalue weighted by molar-refractivity contribution is 0.0993. The van der Waals surface area contributed by atoms with Crippen molar-refractivity contribution in [2.24, 2.45) is 0 Å². The number of halogens is 1. The van der Waals surface area contributed by atoms with Crippen molar-refractivity contribution in [1.82, 2.24) is 0 Å². The minimum Gasteiger partial charge on any atom is -0.497 e. The monoisotopic (exact) mass is 345 g/mol. The maximum atomic E-state index is 12.1. The summed E-state index contributed by atoms with van der Waals surface area (Å²) < 4.78 is 6.08. The van der Waals surface area contributed by atoms with Gasteiger partial charge in [-0.25, -0.2) is 0 Å². The summed E-state index contributed by atoms with van der Waals surface area (Å²) >= 11 is 3.38. The van der Waals surface area contributed by atoms with Crippen LogP contribution in [0.5, 0.6) is 5.75 Å². The van der Waals surface area contributed by atoms with Gasteiger partial charge >= 0.3 is 0 Å². The van der Waals surface area contributed by atoms with Gasteiger partial charge in [-0.2, -0.15) is 0 Å². The summed E-state index contributed by atoms with van der Waals surface area (Å²) in [7, 11) is 1.60. The summed E-state index contributed by atoms with van der Waals surface area (Å²) in [5.74, 6) is 0.755. The zero-order chi connectivity index (χ0) is 15.2. The van der Waals surface area contributed by atoms with Crippen LogP contribution >= 0.6 is 15.9 Å². The van der Waals surface area contributed by atoms with Gasteiger partial charge in [0.25, 0.3) is 0 Å². The molecule has 2 aromatic rings. The van der Waals surface area contributed by atoms with Gasteiger partial charge in [0.15, 0.2) is 5.78 Å². The van der Waals surface area contributed by atoms with Gasteiger partial charge in [0.2, 0.25) is 0 Å². The largest absolute Gasteiger partial charge is 0.497 e. The molecule has 1 N–H and O–H groups in total. The van der Waals surface area contributed by atoms with Crippen LogP contribution in [0.25, 0.3) is 0 Å². The van der Waals surface area contributed by atoms with Crippen molar-refractivity contribution >= 4 is 27.4 Å². The second kappa shape index (κ2) is 7.09. The summed E-state index contributed by atoms with van der Waals surface area (Å²) in [6, 6.07) is 14.8. The molecular formula is C17H16BrNO2. The molecular weight excluding hydrogens is 330 g/mol. The summed E-state index contributed by atoms with van der Waals surface area (Å²) in [6.45, 7) is 3.90. The number of nitrogens with one attached hydrogen (secondary N) is 1. The summed E-state index contributed by atoms with van der Waals surface area (Å²) in [5.41, 5.74) is 2.22. The number of hydrogen-bond donors (Lipinski definition) is 1. The normalized spacial score (nSPS) is 10.0. The highest BCUT2D eigenvalue weighted by Crippen LogP contribution is 2.18. The first-order valence-corrected chi connectivity index (χ1v) is 7.25. The Bertz CT molecular complexity index is 633. The molecule has 3 nitrogen and oxygen atoms in total. The standard InChI is InChI=1S/C17H16BrNO2/c1-12(19-15-7-5-14(18)6-8-15)11-17(20)13-3-9-16(21-2)10-4-13/h3-10,19H,1,11H2,2H3. The number of ether oxygens (including phenoxy) is 1.